The minimum absolute atomic E-state index is 0.0285. The number of nitro groups is 1. The normalized spacial score (nSPS) is 17.0. The second kappa shape index (κ2) is 7.20. The van der Waals surface area contributed by atoms with Gasteiger partial charge in [-0.2, -0.15) is 0 Å². The molecule has 1 N–H and O–H groups in total. The first-order valence-corrected chi connectivity index (χ1v) is 9.67. The molecule has 5 nitrogen and oxygen atoms in total. The van der Waals surface area contributed by atoms with Crippen LogP contribution in [0, 0.1) is 16.0 Å². The predicted molar refractivity (Wildman–Crippen MR) is 111 cm³/mol. The number of halogens is 1. The van der Waals surface area contributed by atoms with Crippen molar-refractivity contribution in [2.75, 3.05) is 5.32 Å². The minimum Gasteiger partial charge on any atom is -0.325 e. The quantitative estimate of drug-likeness (QED) is 0.435. The van der Waals surface area contributed by atoms with Crippen LogP contribution >= 0.6 is 15.9 Å². The van der Waals surface area contributed by atoms with E-state index in [1.54, 1.807) is 6.07 Å². The Morgan fingerprint density at radius 2 is 1.57 bits per heavy atom. The average Bonchev–Trinajstić information content (AvgIpc) is 3.48. The third kappa shape index (κ3) is 3.20. The third-order valence-corrected chi connectivity index (χ3v) is 5.93. The number of nitrogens with zero attached hydrogens (tertiary/aromatic N) is 1. The van der Waals surface area contributed by atoms with Crippen LogP contribution in [-0.2, 0) is 10.2 Å². The van der Waals surface area contributed by atoms with Crippen molar-refractivity contribution in [1.82, 2.24) is 0 Å². The van der Waals surface area contributed by atoms with Gasteiger partial charge in [0.2, 0.25) is 5.91 Å². The molecule has 0 aliphatic heterocycles. The molecule has 1 unspecified atom stereocenters. The molecule has 140 valence electrons. The lowest BCUT2D eigenvalue weighted by Crippen LogP contribution is -2.22. The Hall–Kier alpha value is -2.99. The molecule has 28 heavy (non-hydrogen) atoms. The fourth-order valence-corrected chi connectivity index (χ4v) is 4.26. The van der Waals surface area contributed by atoms with E-state index in [4.69, 9.17) is 0 Å². The minimum atomic E-state index is -0.465. The topological polar surface area (TPSA) is 72.2 Å². The van der Waals surface area contributed by atoms with Gasteiger partial charge in [0.05, 0.1) is 16.5 Å². The van der Waals surface area contributed by atoms with Crippen molar-refractivity contribution in [3.63, 3.8) is 0 Å². The molecule has 0 saturated heterocycles. The van der Waals surface area contributed by atoms with Gasteiger partial charge in [-0.1, -0.05) is 60.7 Å². The zero-order valence-electron chi connectivity index (χ0n) is 14.8. The van der Waals surface area contributed by atoms with Crippen molar-refractivity contribution in [2.45, 2.75) is 11.8 Å². The molecule has 1 aliphatic carbocycles. The number of carbonyl (C=O) groups excluding carboxylic acids is 1. The van der Waals surface area contributed by atoms with Gasteiger partial charge in [-0.3, -0.25) is 14.9 Å². The molecule has 0 heterocycles. The van der Waals surface area contributed by atoms with E-state index in [0.29, 0.717) is 10.2 Å². The summed E-state index contributed by atoms with van der Waals surface area (Å²) in [4.78, 5) is 23.5. The monoisotopic (exact) mass is 436 g/mol. The van der Waals surface area contributed by atoms with Crippen LogP contribution in [0.2, 0.25) is 0 Å². The Morgan fingerprint density at radius 3 is 2.07 bits per heavy atom. The highest BCUT2D eigenvalue weighted by atomic mass is 79.9. The van der Waals surface area contributed by atoms with Gasteiger partial charge in [0.25, 0.3) is 5.69 Å². The first-order chi connectivity index (χ1) is 13.5. The van der Waals surface area contributed by atoms with Crippen LogP contribution in [0.15, 0.2) is 83.3 Å². The van der Waals surface area contributed by atoms with Crippen LogP contribution in [0.1, 0.15) is 17.5 Å². The molecule has 1 atom stereocenters. The number of carbonyl (C=O) groups is 1. The van der Waals surface area contributed by atoms with Crippen molar-refractivity contribution in [3.8, 4) is 0 Å². The van der Waals surface area contributed by atoms with E-state index < -0.39 is 4.92 Å². The number of amides is 1. The Kier molecular flexibility index (Phi) is 4.73. The fourth-order valence-electron chi connectivity index (χ4n) is 3.79. The highest BCUT2D eigenvalue weighted by Gasteiger charge is 2.60. The molecule has 0 spiro atoms. The maximum absolute atomic E-state index is 13.0. The number of non-ortho nitro benzene ring substituents is 1. The van der Waals surface area contributed by atoms with Crippen LogP contribution in [0.4, 0.5) is 11.4 Å². The lowest BCUT2D eigenvalue weighted by Gasteiger charge is -2.19. The third-order valence-electron chi connectivity index (χ3n) is 5.28. The Balaban J connectivity index is 1.63. The summed E-state index contributed by atoms with van der Waals surface area (Å²) >= 11 is 3.31. The van der Waals surface area contributed by atoms with Gasteiger partial charge >= 0.3 is 0 Å². The number of nitrogens with one attached hydrogen (secondary N) is 1. The first kappa shape index (κ1) is 18.4. The molecule has 0 bridgehead atoms. The molecular formula is C22H17BrN2O3. The van der Waals surface area contributed by atoms with Gasteiger partial charge in [0.15, 0.2) is 0 Å². The maximum atomic E-state index is 13.0. The van der Waals surface area contributed by atoms with Crippen LogP contribution in [0.25, 0.3) is 0 Å². The number of hydrogen-bond donors (Lipinski definition) is 1. The second-order valence-corrected chi connectivity index (χ2v) is 7.72. The molecule has 3 aromatic rings. The standard InChI is InChI=1S/C22H17BrN2O3/c23-19-13-17(25(27)28)11-12-20(19)24-21(26)18-14-22(18,15-7-3-1-4-8-15)16-9-5-2-6-10-16/h1-13,18H,14H2,(H,24,26). The highest BCUT2D eigenvalue weighted by molar-refractivity contribution is 9.10. The van der Waals surface area contributed by atoms with E-state index >= 15 is 0 Å². The molecule has 4 rings (SSSR count). The molecule has 1 amide bonds. The molecule has 1 saturated carbocycles. The number of nitro benzene ring substituents is 1. The van der Waals surface area contributed by atoms with Gasteiger partial charge in [-0.25, -0.2) is 0 Å². The Morgan fingerprint density at radius 1 is 1.00 bits per heavy atom. The summed E-state index contributed by atoms with van der Waals surface area (Å²) < 4.78 is 0.487. The molecule has 0 radical (unpaired) electrons. The highest BCUT2D eigenvalue weighted by Crippen LogP contribution is 2.59. The first-order valence-electron chi connectivity index (χ1n) is 8.88. The zero-order valence-corrected chi connectivity index (χ0v) is 16.4. The van der Waals surface area contributed by atoms with Crippen molar-refractivity contribution in [3.05, 3.63) is 105 Å². The van der Waals surface area contributed by atoms with E-state index in [1.807, 2.05) is 36.4 Å². The largest absolute Gasteiger partial charge is 0.325 e. The zero-order chi connectivity index (χ0) is 19.7. The average molecular weight is 437 g/mol. The summed E-state index contributed by atoms with van der Waals surface area (Å²) in [6.45, 7) is 0. The van der Waals surface area contributed by atoms with E-state index in [1.165, 1.54) is 12.1 Å². The van der Waals surface area contributed by atoms with Crippen LogP contribution in [-0.4, -0.2) is 10.8 Å². The maximum Gasteiger partial charge on any atom is 0.270 e. The van der Waals surface area contributed by atoms with Gasteiger partial charge in [-0.05, 0) is 39.5 Å². The van der Waals surface area contributed by atoms with E-state index in [9.17, 15) is 14.9 Å². The Labute approximate surface area is 170 Å². The van der Waals surface area contributed by atoms with Gasteiger partial charge < -0.3 is 5.32 Å². The molecule has 3 aromatic carbocycles. The van der Waals surface area contributed by atoms with Crippen LogP contribution < -0.4 is 5.32 Å². The van der Waals surface area contributed by atoms with E-state index in [2.05, 4.69) is 45.5 Å². The molecular weight excluding hydrogens is 420 g/mol. The smallest absolute Gasteiger partial charge is 0.270 e. The SMILES string of the molecule is O=C(Nc1ccc([N+](=O)[O-])cc1Br)C1CC1(c1ccccc1)c1ccccc1. The van der Waals surface area contributed by atoms with Crippen molar-refractivity contribution in [2.24, 2.45) is 5.92 Å². The Bertz CT molecular complexity index is 999. The van der Waals surface area contributed by atoms with Crippen molar-refractivity contribution < 1.29 is 9.72 Å². The van der Waals surface area contributed by atoms with Gasteiger partial charge in [-0.15, -0.1) is 0 Å². The lowest BCUT2D eigenvalue weighted by molar-refractivity contribution is -0.384. The van der Waals surface area contributed by atoms with Crippen LogP contribution in [0.3, 0.4) is 0 Å². The number of benzene rings is 3. The second-order valence-electron chi connectivity index (χ2n) is 6.87. The summed E-state index contributed by atoms with van der Waals surface area (Å²) in [5.74, 6) is -0.304. The van der Waals surface area contributed by atoms with Crippen LogP contribution in [0.5, 0.6) is 0 Å². The fraction of sp³-hybridized carbons (Fsp3) is 0.136. The molecule has 0 aromatic heterocycles. The van der Waals surface area contributed by atoms with E-state index in [-0.39, 0.29) is 22.9 Å². The molecule has 1 aliphatic rings. The summed E-state index contributed by atoms with van der Waals surface area (Å²) in [5.41, 5.74) is 2.38. The molecule has 1 fully saturated rings. The summed E-state index contributed by atoms with van der Waals surface area (Å²) in [6.07, 6.45) is 0.720. The number of rotatable bonds is 5. The van der Waals surface area contributed by atoms with E-state index in [0.717, 1.165) is 17.5 Å². The van der Waals surface area contributed by atoms with Crippen molar-refractivity contribution in [1.29, 1.82) is 0 Å². The number of anilines is 1. The summed E-state index contributed by atoms with van der Waals surface area (Å²) in [6, 6.07) is 24.4. The number of hydrogen-bond acceptors (Lipinski definition) is 3. The summed E-state index contributed by atoms with van der Waals surface area (Å²) in [7, 11) is 0. The van der Waals surface area contributed by atoms with Crippen molar-refractivity contribution >= 4 is 33.2 Å². The molecule has 6 heteroatoms. The lowest BCUT2D eigenvalue weighted by atomic mass is 9.85. The summed E-state index contributed by atoms with van der Waals surface area (Å²) in [5, 5.41) is 13.8. The van der Waals surface area contributed by atoms with Gasteiger partial charge in [0.1, 0.15) is 0 Å². The predicted octanol–water partition coefficient (Wildman–Crippen LogP) is 5.30. The van der Waals surface area contributed by atoms with Gasteiger partial charge in [0, 0.05) is 22.0 Å².